The highest BCUT2D eigenvalue weighted by molar-refractivity contribution is 8.76. The second-order valence-electron chi connectivity index (χ2n) is 16.4. The summed E-state index contributed by atoms with van der Waals surface area (Å²) in [4.78, 5) is 107. The quantitative estimate of drug-likeness (QED) is 0.0309. The van der Waals surface area contributed by atoms with Crippen LogP contribution >= 0.6 is 21.6 Å². The van der Waals surface area contributed by atoms with E-state index in [1.807, 2.05) is 0 Å². The Morgan fingerprint density at radius 3 is 1.59 bits per heavy atom. The molecular formula is C45H78N6O16S2. The number of carbonyl (C=O) groups excluding carboxylic acids is 6. The SMILES string of the molecule is O=C(O)CCCCCCCCCCCCCCCCC(=O)N[C@@H](CCC(=O)NCCOCCOCC(=O)NCCOCCOCC(=O)NCC(=O)CN[C@H]1CSSC[C@@H](C(=O)O)NCC1=O)C(=O)O. The minimum absolute atomic E-state index is 0.0449. The second-order valence-corrected chi connectivity index (χ2v) is 19.0. The van der Waals surface area contributed by atoms with Crippen LogP contribution in [0.2, 0.25) is 0 Å². The smallest absolute Gasteiger partial charge is 0.326 e. The van der Waals surface area contributed by atoms with Crippen LogP contribution in [0.15, 0.2) is 0 Å². The highest BCUT2D eigenvalue weighted by atomic mass is 33.1. The average Bonchev–Trinajstić information content (AvgIpc) is 3.40. The first kappa shape index (κ1) is 63.1. The molecule has 0 saturated carbocycles. The Morgan fingerprint density at radius 2 is 1.06 bits per heavy atom. The minimum Gasteiger partial charge on any atom is -0.481 e. The van der Waals surface area contributed by atoms with E-state index in [2.05, 4.69) is 31.9 Å². The van der Waals surface area contributed by atoms with Crippen molar-refractivity contribution in [1.82, 2.24) is 31.9 Å². The van der Waals surface area contributed by atoms with Crippen molar-refractivity contribution in [2.45, 2.75) is 134 Å². The Labute approximate surface area is 413 Å². The van der Waals surface area contributed by atoms with Crippen molar-refractivity contribution in [2.75, 3.05) is 97.1 Å². The van der Waals surface area contributed by atoms with Gasteiger partial charge >= 0.3 is 17.9 Å². The number of carboxylic acid groups (broad SMARTS) is 3. The monoisotopic (exact) mass is 1020 g/mol. The molecule has 1 aliphatic heterocycles. The van der Waals surface area contributed by atoms with Gasteiger partial charge < -0.3 is 55.5 Å². The van der Waals surface area contributed by atoms with E-state index in [0.717, 1.165) is 44.9 Å². The van der Waals surface area contributed by atoms with Crippen molar-refractivity contribution in [3.8, 4) is 0 Å². The van der Waals surface area contributed by atoms with E-state index in [4.69, 9.17) is 24.1 Å². The number of amides is 4. The fourth-order valence-electron chi connectivity index (χ4n) is 6.53. The molecule has 1 fully saturated rings. The summed E-state index contributed by atoms with van der Waals surface area (Å²) in [6.07, 6.45) is 15.3. The number of ether oxygens (including phenoxy) is 4. The number of carboxylic acids is 3. The lowest BCUT2D eigenvalue weighted by Gasteiger charge is -2.16. The molecule has 0 unspecified atom stereocenters. The molecule has 0 aromatic heterocycles. The predicted octanol–water partition coefficient (Wildman–Crippen LogP) is 1.61. The van der Waals surface area contributed by atoms with Gasteiger partial charge in [0, 0.05) is 43.9 Å². The summed E-state index contributed by atoms with van der Waals surface area (Å²) in [5.41, 5.74) is 0. The van der Waals surface area contributed by atoms with Gasteiger partial charge in [0.1, 0.15) is 25.3 Å². The summed E-state index contributed by atoms with van der Waals surface area (Å²) in [5.74, 6) is -4.50. The van der Waals surface area contributed by atoms with Crippen molar-refractivity contribution in [1.29, 1.82) is 0 Å². The van der Waals surface area contributed by atoms with Gasteiger partial charge in [0.25, 0.3) is 0 Å². The number of unbranched alkanes of at least 4 members (excludes halogenated alkanes) is 13. The molecule has 24 heteroatoms. The number of nitrogens with one attached hydrogen (secondary N) is 6. The molecule has 4 amide bonds. The lowest BCUT2D eigenvalue weighted by atomic mass is 10.0. The number of aliphatic carboxylic acids is 3. The molecule has 0 bridgehead atoms. The Kier molecular flexibility index (Phi) is 39.3. The largest absolute Gasteiger partial charge is 0.481 e. The molecule has 0 aromatic carbocycles. The van der Waals surface area contributed by atoms with Crippen LogP contribution in [0.25, 0.3) is 0 Å². The molecule has 1 saturated heterocycles. The zero-order valence-corrected chi connectivity index (χ0v) is 41.7. The average molecular weight is 1020 g/mol. The molecule has 9 N–H and O–H groups in total. The Balaban J connectivity index is 1.94. The van der Waals surface area contributed by atoms with E-state index in [-0.39, 0.29) is 141 Å². The van der Waals surface area contributed by atoms with Gasteiger partial charge in [0.15, 0.2) is 11.6 Å². The van der Waals surface area contributed by atoms with E-state index in [0.29, 0.717) is 17.9 Å². The highest BCUT2D eigenvalue weighted by Crippen LogP contribution is 2.24. The first-order valence-corrected chi connectivity index (χ1v) is 26.6. The van der Waals surface area contributed by atoms with Crippen LogP contribution in [-0.4, -0.2) is 184 Å². The minimum atomic E-state index is -1.20. The van der Waals surface area contributed by atoms with Crippen LogP contribution in [0.1, 0.15) is 116 Å². The van der Waals surface area contributed by atoms with Crippen LogP contribution in [0, 0.1) is 0 Å². The van der Waals surface area contributed by atoms with Crippen LogP contribution in [0.3, 0.4) is 0 Å². The number of ketones is 2. The van der Waals surface area contributed by atoms with E-state index in [1.165, 1.54) is 60.1 Å². The molecule has 0 spiro atoms. The van der Waals surface area contributed by atoms with Gasteiger partial charge in [-0.15, -0.1) is 0 Å². The van der Waals surface area contributed by atoms with Crippen LogP contribution < -0.4 is 31.9 Å². The number of hydrogen-bond acceptors (Lipinski definition) is 17. The van der Waals surface area contributed by atoms with E-state index < -0.39 is 41.9 Å². The Bertz CT molecular complexity index is 1520. The molecule has 3 atom stereocenters. The van der Waals surface area contributed by atoms with Crippen molar-refractivity contribution in [3.63, 3.8) is 0 Å². The lowest BCUT2D eigenvalue weighted by Crippen LogP contribution is -2.48. The van der Waals surface area contributed by atoms with Crippen LogP contribution in [0.4, 0.5) is 0 Å². The standard InChI is InChI=1S/C45H78N6O16S2/c52-34(27-48-36-32-68-69-33-37(45(62)63)49-29-38(36)53)28-50-42(57)31-67-26-24-65-22-20-47-41(56)30-66-25-23-64-21-19-46-39(54)18-17-35(44(60)61)51-40(55)15-13-11-9-7-5-3-1-2-4-6-8-10-12-14-16-43(58)59/h35-37,48-49H,1-33H2,(H,46,54)(H,47,56)(H,50,57)(H,51,55)(H,58,59)(H,60,61)(H,62,63)/t35-,36-,37-/m0/s1. The predicted molar refractivity (Wildman–Crippen MR) is 259 cm³/mol. The highest BCUT2D eigenvalue weighted by Gasteiger charge is 2.26. The van der Waals surface area contributed by atoms with Gasteiger partial charge in [-0.05, 0) is 19.3 Å². The second kappa shape index (κ2) is 42.9. The third-order valence-corrected chi connectivity index (χ3v) is 12.9. The lowest BCUT2D eigenvalue weighted by molar-refractivity contribution is -0.142. The van der Waals surface area contributed by atoms with E-state index in [9.17, 15) is 53.4 Å². The first-order valence-electron chi connectivity index (χ1n) is 24.1. The summed E-state index contributed by atoms with van der Waals surface area (Å²) in [7, 11) is 2.67. The van der Waals surface area contributed by atoms with Gasteiger partial charge in [-0.3, -0.25) is 49.0 Å². The van der Waals surface area contributed by atoms with Crippen molar-refractivity contribution >= 4 is 74.7 Å². The maximum absolute atomic E-state index is 12.4. The molecular weight excluding hydrogens is 945 g/mol. The van der Waals surface area contributed by atoms with Gasteiger partial charge in [-0.25, -0.2) is 4.79 Å². The van der Waals surface area contributed by atoms with E-state index >= 15 is 0 Å². The molecule has 0 aliphatic carbocycles. The summed E-state index contributed by atoms with van der Waals surface area (Å²) < 4.78 is 21.3. The molecule has 22 nitrogen and oxygen atoms in total. The fourth-order valence-corrected chi connectivity index (χ4v) is 8.95. The summed E-state index contributed by atoms with van der Waals surface area (Å²) in [5, 5.41) is 43.2. The van der Waals surface area contributed by atoms with Gasteiger partial charge in [-0.2, -0.15) is 0 Å². The molecule has 1 heterocycles. The summed E-state index contributed by atoms with van der Waals surface area (Å²) in [6, 6.07) is -2.64. The molecule has 0 radical (unpaired) electrons. The Morgan fingerprint density at radius 1 is 0.565 bits per heavy atom. The van der Waals surface area contributed by atoms with Crippen molar-refractivity contribution in [2.24, 2.45) is 0 Å². The number of hydrogen-bond donors (Lipinski definition) is 9. The number of rotatable bonds is 44. The van der Waals surface area contributed by atoms with Crippen molar-refractivity contribution in [3.05, 3.63) is 0 Å². The van der Waals surface area contributed by atoms with E-state index in [1.54, 1.807) is 0 Å². The molecule has 1 aliphatic rings. The summed E-state index contributed by atoms with van der Waals surface area (Å²) >= 11 is 0. The molecule has 1 rings (SSSR count). The number of Topliss-reactive ketones (excluding diaryl/α,β-unsaturated/α-hetero) is 2. The molecule has 0 aromatic rings. The normalized spacial score (nSPS) is 15.5. The maximum Gasteiger partial charge on any atom is 0.326 e. The van der Waals surface area contributed by atoms with Gasteiger partial charge in [-0.1, -0.05) is 98.6 Å². The number of carbonyl (C=O) groups is 9. The van der Waals surface area contributed by atoms with Crippen LogP contribution in [0.5, 0.6) is 0 Å². The third kappa shape index (κ3) is 38.5. The maximum atomic E-state index is 12.4. The molecule has 69 heavy (non-hydrogen) atoms. The topological polar surface area (TPSA) is 323 Å². The summed E-state index contributed by atoms with van der Waals surface area (Å²) in [6.45, 7) is 0.255. The van der Waals surface area contributed by atoms with Gasteiger partial charge in [0.2, 0.25) is 23.6 Å². The van der Waals surface area contributed by atoms with Crippen molar-refractivity contribution < 1.29 is 77.4 Å². The van der Waals surface area contributed by atoms with Gasteiger partial charge in [0.05, 0.1) is 65.3 Å². The zero-order valence-electron chi connectivity index (χ0n) is 40.0. The zero-order chi connectivity index (χ0) is 50.7. The first-order chi connectivity index (χ1) is 33.3. The Hall–Kier alpha value is -3.91. The van der Waals surface area contributed by atoms with Crippen LogP contribution in [-0.2, 0) is 62.1 Å². The third-order valence-electron chi connectivity index (χ3n) is 10.5. The molecule has 396 valence electrons. The fraction of sp³-hybridized carbons (Fsp3) is 0.800.